The van der Waals surface area contributed by atoms with Crippen molar-refractivity contribution in [3.8, 4) is 0 Å². The molecule has 2 rings (SSSR count). The molecule has 1 aliphatic rings. The van der Waals surface area contributed by atoms with E-state index >= 15 is 0 Å². The van der Waals surface area contributed by atoms with Crippen molar-refractivity contribution in [3.63, 3.8) is 0 Å². The van der Waals surface area contributed by atoms with Gasteiger partial charge in [0.2, 0.25) is 0 Å². The van der Waals surface area contributed by atoms with E-state index in [0.717, 1.165) is 31.6 Å². The number of rotatable bonds is 2. The van der Waals surface area contributed by atoms with Crippen LogP contribution >= 0.6 is 0 Å². The summed E-state index contributed by atoms with van der Waals surface area (Å²) in [5.74, 6) is 0.0986. The van der Waals surface area contributed by atoms with Crippen LogP contribution in [0.1, 0.15) is 12.8 Å². The van der Waals surface area contributed by atoms with Crippen LogP contribution in [0.3, 0.4) is 0 Å². The molecular weight excluding hydrogens is 207 g/mol. The molecule has 3 nitrogen and oxygen atoms in total. The summed E-state index contributed by atoms with van der Waals surface area (Å²) in [7, 11) is 0. The first-order valence-electron chi connectivity index (χ1n) is 5.61. The lowest BCUT2D eigenvalue weighted by Gasteiger charge is -2.33. The molecule has 1 aliphatic heterocycles. The summed E-state index contributed by atoms with van der Waals surface area (Å²) >= 11 is 0. The van der Waals surface area contributed by atoms with E-state index in [9.17, 15) is 4.39 Å². The highest BCUT2D eigenvalue weighted by atomic mass is 19.1. The van der Waals surface area contributed by atoms with Crippen molar-refractivity contribution in [2.75, 3.05) is 30.3 Å². The van der Waals surface area contributed by atoms with Crippen LogP contribution in [0, 0.1) is 11.7 Å². The number of aliphatic hydroxyl groups excluding tert-OH is 1. The van der Waals surface area contributed by atoms with Gasteiger partial charge in [-0.05, 0) is 37.0 Å². The second-order valence-electron chi connectivity index (χ2n) is 4.36. The van der Waals surface area contributed by atoms with Crippen LogP contribution in [-0.2, 0) is 0 Å². The van der Waals surface area contributed by atoms with E-state index in [1.165, 1.54) is 12.1 Å². The Kier molecular flexibility index (Phi) is 3.29. The number of nitrogens with two attached hydrogens (primary N) is 1. The minimum atomic E-state index is -0.292. The zero-order valence-electron chi connectivity index (χ0n) is 9.19. The Hall–Kier alpha value is -1.29. The fourth-order valence-corrected chi connectivity index (χ4v) is 2.15. The fraction of sp³-hybridized carbons (Fsp3) is 0.500. The van der Waals surface area contributed by atoms with Gasteiger partial charge in [0.15, 0.2) is 0 Å². The molecule has 3 N–H and O–H groups in total. The zero-order valence-corrected chi connectivity index (χ0v) is 9.19. The number of hydrogen-bond acceptors (Lipinski definition) is 3. The Morgan fingerprint density at radius 2 is 2.00 bits per heavy atom. The van der Waals surface area contributed by atoms with E-state index in [-0.39, 0.29) is 12.4 Å². The molecule has 1 saturated heterocycles. The first-order chi connectivity index (χ1) is 7.69. The summed E-state index contributed by atoms with van der Waals surface area (Å²) in [5, 5.41) is 9.04. The lowest BCUT2D eigenvalue weighted by molar-refractivity contribution is 0.203. The van der Waals surface area contributed by atoms with Crippen molar-refractivity contribution in [2.24, 2.45) is 5.92 Å². The Morgan fingerprint density at radius 3 is 2.56 bits per heavy atom. The molecular formula is C12H17FN2O. The van der Waals surface area contributed by atoms with Gasteiger partial charge in [0.05, 0.1) is 0 Å². The number of anilines is 2. The van der Waals surface area contributed by atoms with Crippen LogP contribution in [0.2, 0.25) is 0 Å². The zero-order chi connectivity index (χ0) is 11.5. The normalized spacial score (nSPS) is 17.8. The number of piperidine rings is 1. The minimum absolute atomic E-state index is 0.249. The Morgan fingerprint density at radius 1 is 1.31 bits per heavy atom. The summed E-state index contributed by atoms with van der Waals surface area (Å²) in [5.41, 5.74) is 6.91. The summed E-state index contributed by atoms with van der Waals surface area (Å²) in [4.78, 5) is 2.12. The quantitative estimate of drug-likeness (QED) is 0.750. The van der Waals surface area contributed by atoms with Crippen molar-refractivity contribution >= 4 is 11.4 Å². The number of aliphatic hydroxyl groups is 1. The van der Waals surface area contributed by atoms with Crippen LogP contribution in [0.25, 0.3) is 0 Å². The van der Waals surface area contributed by atoms with Crippen LogP contribution < -0.4 is 10.6 Å². The van der Waals surface area contributed by atoms with Crippen LogP contribution in [-0.4, -0.2) is 24.8 Å². The fourth-order valence-electron chi connectivity index (χ4n) is 2.15. The van der Waals surface area contributed by atoms with Gasteiger partial charge < -0.3 is 15.7 Å². The highest BCUT2D eigenvalue weighted by Gasteiger charge is 2.19. The van der Waals surface area contributed by atoms with E-state index in [0.29, 0.717) is 11.6 Å². The summed E-state index contributed by atoms with van der Waals surface area (Å²) < 4.78 is 13.2. The molecule has 1 heterocycles. The predicted molar refractivity (Wildman–Crippen MR) is 62.8 cm³/mol. The molecule has 0 bridgehead atoms. The van der Waals surface area contributed by atoms with Crippen LogP contribution in [0.5, 0.6) is 0 Å². The molecule has 1 aromatic carbocycles. The standard InChI is InChI=1S/C12H17FN2O/c13-10-5-11(14)7-12(6-10)15-3-1-9(8-16)2-4-15/h5-7,9,16H,1-4,8,14H2. The van der Waals surface area contributed by atoms with Crippen molar-refractivity contribution in [1.82, 2.24) is 0 Å². The maximum Gasteiger partial charge on any atom is 0.127 e. The smallest absolute Gasteiger partial charge is 0.127 e. The molecule has 0 saturated carbocycles. The average Bonchev–Trinajstić information content (AvgIpc) is 2.28. The molecule has 1 aromatic rings. The summed E-state index contributed by atoms with van der Waals surface area (Å²) in [6.07, 6.45) is 1.90. The average molecular weight is 224 g/mol. The number of halogens is 1. The van der Waals surface area contributed by atoms with Gasteiger partial charge in [-0.15, -0.1) is 0 Å². The minimum Gasteiger partial charge on any atom is -0.399 e. The monoisotopic (exact) mass is 224 g/mol. The van der Waals surface area contributed by atoms with Crippen LogP contribution in [0.15, 0.2) is 18.2 Å². The lowest BCUT2D eigenvalue weighted by Crippen LogP contribution is -2.34. The van der Waals surface area contributed by atoms with E-state index < -0.39 is 0 Å². The van der Waals surface area contributed by atoms with Gasteiger partial charge in [-0.25, -0.2) is 4.39 Å². The van der Waals surface area contributed by atoms with Crippen molar-refractivity contribution in [2.45, 2.75) is 12.8 Å². The second-order valence-corrected chi connectivity index (χ2v) is 4.36. The number of nitrogens with zero attached hydrogens (tertiary/aromatic N) is 1. The summed E-state index contributed by atoms with van der Waals surface area (Å²) in [6, 6.07) is 4.63. The van der Waals surface area contributed by atoms with E-state index in [1.54, 1.807) is 6.07 Å². The van der Waals surface area contributed by atoms with Crippen molar-refractivity contribution in [1.29, 1.82) is 0 Å². The predicted octanol–water partition coefficient (Wildman–Crippen LogP) is 1.62. The highest BCUT2D eigenvalue weighted by molar-refractivity contribution is 5.56. The van der Waals surface area contributed by atoms with Gasteiger partial charge in [-0.1, -0.05) is 0 Å². The topological polar surface area (TPSA) is 49.5 Å². The van der Waals surface area contributed by atoms with E-state index in [1.807, 2.05) is 0 Å². The van der Waals surface area contributed by atoms with Gasteiger partial charge in [-0.3, -0.25) is 0 Å². The largest absolute Gasteiger partial charge is 0.399 e. The maximum absolute atomic E-state index is 13.2. The molecule has 0 aliphatic carbocycles. The third-order valence-electron chi connectivity index (χ3n) is 3.14. The molecule has 4 heteroatoms. The van der Waals surface area contributed by atoms with Gasteiger partial charge >= 0.3 is 0 Å². The maximum atomic E-state index is 13.2. The first-order valence-corrected chi connectivity index (χ1v) is 5.61. The van der Waals surface area contributed by atoms with Crippen molar-refractivity contribution in [3.05, 3.63) is 24.0 Å². The molecule has 88 valence electrons. The lowest BCUT2D eigenvalue weighted by atomic mass is 9.97. The molecule has 0 atom stereocenters. The number of benzene rings is 1. The molecule has 0 aromatic heterocycles. The SMILES string of the molecule is Nc1cc(F)cc(N2CCC(CO)CC2)c1. The molecule has 16 heavy (non-hydrogen) atoms. The van der Waals surface area contributed by atoms with Gasteiger partial charge in [0, 0.05) is 31.1 Å². The molecule has 0 amide bonds. The molecule has 1 fully saturated rings. The molecule has 0 radical (unpaired) electrons. The Labute approximate surface area is 94.7 Å². The number of nitrogen functional groups attached to an aromatic ring is 1. The van der Waals surface area contributed by atoms with E-state index in [4.69, 9.17) is 10.8 Å². The first kappa shape index (κ1) is 11.2. The van der Waals surface area contributed by atoms with E-state index in [2.05, 4.69) is 4.90 Å². The number of hydrogen-bond donors (Lipinski definition) is 2. The third-order valence-corrected chi connectivity index (χ3v) is 3.14. The second kappa shape index (κ2) is 4.70. The van der Waals surface area contributed by atoms with Gasteiger partial charge in [0.25, 0.3) is 0 Å². The van der Waals surface area contributed by atoms with Crippen molar-refractivity contribution < 1.29 is 9.50 Å². The molecule has 0 spiro atoms. The molecule has 0 unspecified atom stereocenters. The summed E-state index contributed by atoms with van der Waals surface area (Å²) in [6.45, 7) is 1.96. The van der Waals surface area contributed by atoms with Crippen LogP contribution in [0.4, 0.5) is 15.8 Å². The Balaban J connectivity index is 2.08. The highest BCUT2D eigenvalue weighted by Crippen LogP contribution is 2.25. The van der Waals surface area contributed by atoms with Gasteiger partial charge in [0.1, 0.15) is 5.82 Å². The third kappa shape index (κ3) is 2.44. The Bertz CT molecular complexity index is 342. The van der Waals surface area contributed by atoms with Gasteiger partial charge in [-0.2, -0.15) is 0 Å².